The fourth-order valence-electron chi connectivity index (χ4n) is 2.08. The molecule has 0 saturated heterocycles. The molecule has 2 atom stereocenters. The fraction of sp³-hybridized carbons (Fsp3) is 0.667. The molecule has 0 aliphatic rings. The summed E-state index contributed by atoms with van der Waals surface area (Å²) in [6, 6.07) is 5.06. The second kappa shape index (κ2) is 7.49. The van der Waals surface area contributed by atoms with Gasteiger partial charge in [0.2, 0.25) is 0 Å². The topological polar surface area (TPSA) is 28.2 Å². The van der Waals surface area contributed by atoms with Crippen molar-refractivity contribution < 1.29 is 0 Å². The summed E-state index contributed by atoms with van der Waals surface area (Å²) in [4.78, 5) is 6.47. The second-order valence-electron chi connectivity index (χ2n) is 5.66. The Balaban J connectivity index is 2.47. The molecule has 3 heteroatoms. The molecule has 0 spiro atoms. The molecule has 0 radical (unpaired) electrons. The zero-order chi connectivity index (χ0) is 13.5. The van der Waals surface area contributed by atoms with Gasteiger partial charge in [0.1, 0.15) is 0 Å². The van der Waals surface area contributed by atoms with Crippen LogP contribution in [0.25, 0.3) is 0 Å². The Labute approximate surface area is 112 Å². The number of pyridine rings is 1. The molecule has 0 fully saturated rings. The van der Waals surface area contributed by atoms with Gasteiger partial charge in [-0.15, -0.1) is 0 Å². The molecule has 0 aliphatic heterocycles. The molecular weight excluding hydrogens is 222 g/mol. The highest BCUT2D eigenvalue weighted by atomic mass is 15.1. The van der Waals surface area contributed by atoms with Crippen LogP contribution >= 0.6 is 0 Å². The minimum absolute atomic E-state index is 0.355. The quantitative estimate of drug-likeness (QED) is 0.805. The van der Waals surface area contributed by atoms with E-state index in [2.05, 4.69) is 56.1 Å². The third-order valence-electron chi connectivity index (χ3n) is 3.32. The molecule has 1 rings (SSSR count). The summed E-state index contributed by atoms with van der Waals surface area (Å²) in [5, 5.41) is 3.60. The van der Waals surface area contributed by atoms with Crippen molar-refractivity contribution in [2.24, 2.45) is 5.92 Å². The summed E-state index contributed by atoms with van der Waals surface area (Å²) in [5.41, 5.74) is 1.25. The third kappa shape index (κ3) is 5.15. The van der Waals surface area contributed by atoms with Crippen molar-refractivity contribution in [1.29, 1.82) is 0 Å². The SMILES string of the molecule is CC(C)CC(CNC(C)c1cccnc1)N(C)C. The van der Waals surface area contributed by atoms with Gasteiger partial charge in [0, 0.05) is 31.0 Å². The van der Waals surface area contributed by atoms with Crippen LogP contribution in [0, 0.1) is 5.92 Å². The van der Waals surface area contributed by atoms with Gasteiger partial charge in [0.15, 0.2) is 0 Å². The monoisotopic (exact) mass is 249 g/mol. The first-order valence-corrected chi connectivity index (χ1v) is 6.80. The molecule has 3 nitrogen and oxygen atoms in total. The van der Waals surface area contributed by atoms with Gasteiger partial charge in [-0.05, 0) is 45.0 Å². The maximum atomic E-state index is 4.17. The number of nitrogens with one attached hydrogen (secondary N) is 1. The lowest BCUT2D eigenvalue weighted by atomic mass is 10.0. The van der Waals surface area contributed by atoms with Crippen LogP contribution in [-0.4, -0.2) is 36.6 Å². The Morgan fingerprint density at radius 1 is 1.28 bits per heavy atom. The average Bonchev–Trinajstić information content (AvgIpc) is 2.34. The van der Waals surface area contributed by atoms with E-state index in [9.17, 15) is 0 Å². The van der Waals surface area contributed by atoms with E-state index in [-0.39, 0.29) is 0 Å². The lowest BCUT2D eigenvalue weighted by Gasteiger charge is -2.28. The number of hydrogen-bond donors (Lipinski definition) is 1. The van der Waals surface area contributed by atoms with E-state index in [1.54, 1.807) is 0 Å². The van der Waals surface area contributed by atoms with Crippen LogP contribution in [0.15, 0.2) is 24.5 Å². The Morgan fingerprint density at radius 3 is 2.50 bits per heavy atom. The first-order chi connectivity index (χ1) is 8.50. The van der Waals surface area contributed by atoms with E-state index in [1.807, 2.05) is 18.5 Å². The molecule has 0 bridgehead atoms. The molecule has 1 N–H and O–H groups in total. The van der Waals surface area contributed by atoms with Crippen molar-refractivity contribution in [2.45, 2.75) is 39.3 Å². The standard InChI is InChI=1S/C15H27N3/c1-12(2)9-15(18(4)5)11-17-13(3)14-7-6-8-16-10-14/h6-8,10,12-13,15,17H,9,11H2,1-5H3. The Bertz CT molecular complexity index is 322. The van der Waals surface area contributed by atoms with Crippen LogP contribution in [0.4, 0.5) is 0 Å². The highest BCUT2D eigenvalue weighted by molar-refractivity contribution is 5.12. The predicted molar refractivity (Wildman–Crippen MR) is 77.6 cm³/mol. The lowest BCUT2D eigenvalue weighted by Crippen LogP contribution is -2.39. The molecule has 0 amide bonds. The molecule has 18 heavy (non-hydrogen) atoms. The van der Waals surface area contributed by atoms with Gasteiger partial charge < -0.3 is 10.2 Å². The summed E-state index contributed by atoms with van der Waals surface area (Å²) < 4.78 is 0. The summed E-state index contributed by atoms with van der Waals surface area (Å²) in [6.45, 7) is 7.77. The minimum Gasteiger partial charge on any atom is -0.309 e. The van der Waals surface area contributed by atoms with Gasteiger partial charge in [-0.2, -0.15) is 0 Å². The molecule has 0 aromatic carbocycles. The Hall–Kier alpha value is -0.930. The molecule has 102 valence electrons. The summed E-state index contributed by atoms with van der Waals surface area (Å²) in [7, 11) is 4.31. The predicted octanol–water partition coefficient (Wildman–Crippen LogP) is 2.71. The maximum absolute atomic E-state index is 4.17. The molecule has 0 saturated carbocycles. The molecule has 1 aromatic heterocycles. The van der Waals surface area contributed by atoms with Crippen molar-refractivity contribution in [3.63, 3.8) is 0 Å². The molecule has 0 aliphatic carbocycles. The van der Waals surface area contributed by atoms with Gasteiger partial charge in [-0.1, -0.05) is 19.9 Å². The Morgan fingerprint density at radius 2 is 2.00 bits per heavy atom. The highest BCUT2D eigenvalue weighted by Crippen LogP contribution is 2.12. The van der Waals surface area contributed by atoms with Crippen LogP contribution in [0.2, 0.25) is 0 Å². The fourth-order valence-corrected chi connectivity index (χ4v) is 2.08. The van der Waals surface area contributed by atoms with Crippen molar-refractivity contribution in [2.75, 3.05) is 20.6 Å². The average molecular weight is 249 g/mol. The van der Waals surface area contributed by atoms with Crippen LogP contribution in [0.5, 0.6) is 0 Å². The number of nitrogens with zero attached hydrogens (tertiary/aromatic N) is 2. The number of rotatable bonds is 7. The lowest BCUT2D eigenvalue weighted by molar-refractivity contribution is 0.242. The van der Waals surface area contributed by atoms with E-state index in [1.165, 1.54) is 12.0 Å². The molecule has 1 heterocycles. The van der Waals surface area contributed by atoms with Gasteiger partial charge in [-0.3, -0.25) is 4.98 Å². The van der Waals surface area contributed by atoms with Crippen molar-refractivity contribution in [3.05, 3.63) is 30.1 Å². The first-order valence-electron chi connectivity index (χ1n) is 6.80. The third-order valence-corrected chi connectivity index (χ3v) is 3.32. The normalized spacial score (nSPS) is 15.1. The zero-order valence-corrected chi connectivity index (χ0v) is 12.4. The van der Waals surface area contributed by atoms with Crippen LogP contribution in [0.3, 0.4) is 0 Å². The molecular formula is C15H27N3. The van der Waals surface area contributed by atoms with Crippen LogP contribution in [0.1, 0.15) is 38.8 Å². The number of likely N-dealkylation sites (N-methyl/N-ethyl adjacent to an activating group) is 1. The molecule has 2 unspecified atom stereocenters. The summed E-state index contributed by atoms with van der Waals surface area (Å²) >= 11 is 0. The van der Waals surface area contributed by atoms with E-state index in [0.29, 0.717) is 12.1 Å². The van der Waals surface area contributed by atoms with Crippen molar-refractivity contribution in [1.82, 2.24) is 15.2 Å². The van der Waals surface area contributed by atoms with E-state index >= 15 is 0 Å². The van der Waals surface area contributed by atoms with Crippen LogP contribution in [-0.2, 0) is 0 Å². The zero-order valence-electron chi connectivity index (χ0n) is 12.4. The van der Waals surface area contributed by atoms with Crippen molar-refractivity contribution >= 4 is 0 Å². The van der Waals surface area contributed by atoms with E-state index in [0.717, 1.165) is 12.5 Å². The van der Waals surface area contributed by atoms with Gasteiger partial charge in [0.25, 0.3) is 0 Å². The van der Waals surface area contributed by atoms with E-state index < -0.39 is 0 Å². The highest BCUT2D eigenvalue weighted by Gasteiger charge is 2.14. The smallest absolute Gasteiger partial charge is 0.0315 e. The van der Waals surface area contributed by atoms with E-state index in [4.69, 9.17) is 0 Å². The summed E-state index contributed by atoms with van der Waals surface area (Å²) in [5.74, 6) is 0.730. The number of hydrogen-bond acceptors (Lipinski definition) is 3. The second-order valence-corrected chi connectivity index (χ2v) is 5.66. The summed E-state index contributed by atoms with van der Waals surface area (Å²) in [6.07, 6.45) is 4.97. The maximum Gasteiger partial charge on any atom is 0.0315 e. The van der Waals surface area contributed by atoms with Gasteiger partial charge in [0.05, 0.1) is 0 Å². The van der Waals surface area contributed by atoms with Crippen LogP contribution < -0.4 is 5.32 Å². The van der Waals surface area contributed by atoms with Gasteiger partial charge in [-0.25, -0.2) is 0 Å². The first kappa shape index (κ1) is 15.1. The number of aromatic nitrogens is 1. The minimum atomic E-state index is 0.355. The largest absolute Gasteiger partial charge is 0.309 e. The van der Waals surface area contributed by atoms with Gasteiger partial charge >= 0.3 is 0 Å². The molecule has 1 aromatic rings. The Kier molecular flexibility index (Phi) is 6.30. The van der Waals surface area contributed by atoms with Crippen molar-refractivity contribution in [3.8, 4) is 0 Å².